The van der Waals surface area contributed by atoms with Crippen molar-refractivity contribution in [2.45, 2.75) is 25.0 Å². The zero-order valence-corrected chi connectivity index (χ0v) is 14.1. The van der Waals surface area contributed by atoms with Crippen molar-refractivity contribution in [1.82, 2.24) is 14.8 Å². The summed E-state index contributed by atoms with van der Waals surface area (Å²) in [6, 6.07) is 13.7. The van der Waals surface area contributed by atoms with Gasteiger partial charge in [-0.2, -0.15) is 0 Å². The van der Waals surface area contributed by atoms with Crippen molar-refractivity contribution in [2.75, 3.05) is 11.1 Å². The number of anilines is 1. The molecule has 2 aromatic carbocycles. The molecule has 0 saturated heterocycles. The van der Waals surface area contributed by atoms with E-state index < -0.39 is 0 Å². The van der Waals surface area contributed by atoms with Crippen LogP contribution in [0.2, 0.25) is 0 Å². The maximum absolute atomic E-state index is 12.2. The molecule has 1 amide bonds. The van der Waals surface area contributed by atoms with Crippen LogP contribution in [0.15, 0.2) is 52.4 Å². The van der Waals surface area contributed by atoms with Crippen molar-refractivity contribution in [2.24, 2.45) is 0 Å². The average Bonchev–Trinajstić information content (AvgIpc) is 2.94. The van der Waals surface area contributed by atoms with Gasteiger partial charge in [0.05, 0.1) is 5.75 Å². The first kappa shape index (κ1) is 16.3. The van der Waals surface area contributed by atoms with Crippen molar-refractivity contribution in [3.8, 4) is 0 Å². The monoisotopic (exact) mass is 342 g/mol. The highest BCUT2D eigenvalue weighted by Crippen LogP contribution is 2.23. The molecule has 0 atom stereocenters. The number of carbonyl (C=O) groups is 1. The second-order valence-corrected chi connectivity index (χ2v) is 6.27. The van der Waals surface area contributed by atoms with Crippen molar-refractivity contribution >= 4 is 34.1 Å². The first-order valence-corrected chi connectivity index (χ1v) is 8.73. The fraction of sp³-hybridized carbons (Fsp3) is 0.235. The van der Waals surface area contributed by atoms with E-state index in [0.717, 1.165) is 22.9 Å². The number of H-pyrrole nitrogens is 1. The molecule has 24 heavy (non-hydrogen) atoms. The standard InChI is InChI=1S/C17H18N4O2S/c1-2-10-21-16(23)19-20-17(21)24-11-15(22)18-14-9-5-7-12-6-3-4-8-13(12)14/h3-9H,2,10-11H2,1H3,(H,18,22)(H,19,23). The lowest BCUT2D eigenvalue weighted by molar-refractivity contribution is -0.113. The number of carbonyl (C=O) groups excluding carboxylic acids is 1. The van der Waals surface area contributed by atoms with Gasteiger partial charge in [-0.3, -0.25) is 9.36 Å². The van der Waals surface area contributed by atoms with Crippen molar-refractivity contribution in [1.29, 1.82) is 0 Å². The van der Waals surface area contributed by atoms with Crippen LogP contribution in [0.3, 0.4) is 0 Å². The smallest absolute Gasteiger partial charge is 0.325 e. The molecule has 6 nitrogen and oxygen atoms in total. The number of fused-ring (bicyclic) bond motifs is 1. The fourth-order valence-electron chi connectivity index (χ4n) is 2.49. The van der Waals surface area contributed by atoms with Crippen LogP contribution in [-0.4, -0.2) is 26.4 Å². The number of nitrogens with one attached hydrogen (secondary N) is 2. The Balaban J connectivity index is 1.69. The quantitative estimate of drug-likeness (QED) is 0.675. The van der Waals surface area contributed by atoms with Crippen LogP contribution < -0.4 is 11.0 Å². The predicted octanol–water partition coefficient (Wildman–Crippen LogP) is 2.87. The summed E-state index contributed by atoms with van der Waals surface area (Å²) in [5, 5.41) is 11.9. The molecule has 0 radical (unpaired) electrons. The molecule has 0 saturated carbocycles. The zero-order chi connectivity index (χ0) is 16.9. The number of aromatic amines is 1. The first-order chi connectivity index (χ1) is 11.7. The second-order valence-electron chi connectivity index (χ2n) is 5.33. The SMILES string of the molecule is CCCn1c(SCC(=O)Nc2cccc3ccccc23)n[nH]c1=O. The summed E-state index contributed by atoms with van der Waals surface area (Å²) < 4.78 is 1.55. The van der Waals surface area contributed by atoms with Crippen LogP contribution in [0.1, 0.15) is 13.3 Å². The zero-order valence-electron chi connectivity index (χ0n) is 13.3. The van der Waals surface area contributed by atoms with Gasteiger partial charge in [0.15, 0.2) is 5.16 Å². The topological polar surface area (TPSA) is 79.8 Å². The molecule has 0 spiro atoms. The Morgan fingerprint density at radius 3 is 2.88 bits per heavy atom. The van der Waals surface area contributed by atoms with E-state index >= 15 is 0 Å². The van der Waals surface area contributed by atoms with Gasteiger partial charge in [-0.05, 0) is 17.9 Å². The highest BCUT2D eigenvalue weighted by Gasteiger charge is 2.11. The van der Waals surface area contributed by atoms with Gasteiger partial charge in [0.2, 0.25) is 5.91 Å². The molecule has 124 valence electrons. The predicted molar refractivity (Wildman–Crippen MR) is 96.4 cm³/mol. The third kappa shape index (κ3) is 3.51. The summed E-state index contributed by atoms with van der Waals surface area (Å²) in [5.74, 6) is 0.0619. The lowest BCUT2D eigenvalue weighted by atomic mass is 10.1. The number of aromatic nitrogens is 3. The third-order valence-electron chi connectivity index (χ3n) is 3.57. The van der Waals surface area contributed by atoms with E-state index in [1.54, 1.807) is 4.57 Å². The van der Waals surface area contributed by atoms with E-state index in [1.165, 1.54) is 11.8 Å². The number of thioether (sulfide) groups is 1. The molecule has 2 N–H and O–H groups in total. The molecule has 0 aliphatic rings. The van der Waals surface area contributed by atoms with E-state index in [-0.39, 0.29) is 17.3 Å². The van der Waals surface area contributed by atoms with Crippen molar-refractivity contribution in [3.63, 3.8) is 0 Å². The minimum atomic E-state index is -0.242. The summed E-state index contributed by atoms with van der Waals surface area (Å²) >= 11 is 1.25. The van der Waals surface area contributed by atoms with Crippen molar-refractivity contribution < 1.29 is 4.79 Å². The molecule has 3 aromatic rings. The van der Waals surface area contributed by atoms with Gasteiger partial charge in [0, 0.05) is 17.6 Å². The van der Waals surface area contributed by atoms with Crippen LogP contribution >= 0.6 is 11.8 Å². The van der Waals surface area contributed by atoms with Gasteiger partial charge < -0.3 is 5.32 Å². The number of nitrogens with zero attached hydrogens (tertiary/aromatic N) is 2. The lowest BCUT2D eigenvalue weighted by Crippen LogP contribution is -2.18. The normalized spacial score (nSPS) is 10.9. The minimum absolute atomic E-state index is 0.130. The summed E-state index contributed by atoms with van der Waals surface area (Å²) in [6.45, 7) is 2.57. The number of hydrogen-bond acceptors (Lipinski definition) is 4. The van der Waals surface area contributed by atoms with Gasteiger partial charge in [0.1, 0.15) is 0 Å². The molecular formula is C17H18N4O2S. The number of benzene rings is 2. The molecule has 0 fully saturated rings. The van der Waals surface area contributed by atoms with Gasteiger partial charge in [-0.25, -0.2) is 9.89 Å². The van der Waals surface area contributed by atoms with Gasteiger partial charge >= 0.3 is 5.69 Å². The highest BCUT2D eigenvalue weighted by atomic mass is 32.2. The third-order valence-corrected chi connectivity index (χ3v) is 4.54. The molecule has 7 heteroatoms. The van der Waals surface area contributed by atoms with Crippen LogP contribution in [-0.2, 0) is 11.3 Å². The second kappa shape index (κ2) is 7.35. The molecule has 1 heterocycles. The Labute approximate surface area is 143 Å². The summed E-state index contributed by atoms with van der Waals surface area (Å²) in [7, 11) is 0. The number of hydrogen-bond donors (Lipinski definition) is 2. The van der Waals surface area contributed by atoms with Crippen LogP contribution in [0.5, 0.6) is 0 Å². The van der Waals surface area contributed by atoms with Crippen LogP contribution in [0, 0.1) is 0 Å². The summed E-state index contributed by atoms with van der Waals surface area (Å²) in [6.07, 6.45) is 0.829. The maximum Gasteiger partial charge on any atom is 0.343 e. The minimum Gasteiger partial charge on any atom is -0.325 e. The van der Waals surface area contributed by atoms with E-state index in [0.29, 0.717) is 11.7 Å². The Morgan fingerprint density at radius 2 is 2.04 bits per heavy atom. The molecule has 0 unspecified atom stereocenters. The first-order valence-electron chi connectivity index (χ1n) is 7.74. The highest BCUT2D eigenvalue weighted by molar-refractivity contribution is 7.99. The molecule has 0 bridgehead atoms. The van der Waals surface area contributed by atoms with Crippen LogP contribution in [0.4, 0.5) is 5.69 Å². The lowest BCUT2D eigenvalue weighted by Gasteiger charge is -2.08. The van der Waals surface area contributed by atoms with E-state index in [1.807, 2.05) is 49.4 Å². The summed E-state index contributed by atoms with van der Waals surface area (Å²) in [4.78, 5) is 23.9. The molecular weight excluding hydrogens is 324 g/mol. The fourth-order valence-corrected chi connectivity index (χ4v) is 3.26. The van der Waals surface area contributed by atoms with Gasteiger partial charge in [0.25, 0.3) is 0 Å². The van der Waals surface area contributed by atoms with Gasteiger partial charge in [-0.1, -0.05) is 55.1 Å². The van der Waals surface area contributed by atoms with E-state index in [9.17, 15) is 9.59 Å². The number of rotatable bonds is 6. The average molecular weight is 342 g/mol. The Kier molecular flexibility index (Phi) is 5.00. The number of amides is 1. The van der Waals surface area contributed by atoms with E-state index in [2.05, 4.69) is 15.5 Å². The summed E-state index contributed by atoms with van der Waals surface area (Å²) in [5.41, 5.74) is 0.542. The Bertz CT molecular complexity index is 911. The van der Waals surface area contributed by atoms with Gasteiger partial charge in [-0.15, -0.1) is 5.10 Å². The Morgan fingerprint density at radius 1 is 1.25 bits per heavy atom. The Hall–Kier alpha value is -2.54. The molecule has 0 aliphatic carbocycles. The largest absolute Gasteiger partial charge is 0.343 e. The van der Waals surface area contributed by atoms with Crippen molar-refractivity contribution in [3.05, 3.63) is 52.9 Å². The molecule has 0 aliphatic heterocycles. The molecule has 1 aromatic heterocycles. The van der Waals surface area contributed by atoms with E-state index in [4.69, 9.17) is 0 Å². The molecule has 3 rings (SSSR count). The maximum atomic E-state index is 12.2. The van der Waals surface area contributed by atoms with Crippen LogP contribution in [0.25, 0.3) is 10.8 Å².